The van der Waals surface area contributed by atoms with Gasteiger partial charge < -0.3 is 25.0 Å². The summed E-state index contributed by atoms with van der Waals surface area (Å²) in [6.45, 7) is 3.01. The minimum absolute atomic E-state index is 0.0848. The second kappa shape index (κ2) is 10.4. The van der Waals surface area contributed by atoms with Crippen LogP contribution in [0.5, 0.6) is 11.5 Å². The Morgan fingerprint density at radius 1 is 1.15 bits per heavy atom. The van der Waals surface area contributed by atoms with Gasteiger partial charge in [-0.15, -0.1) is 0 Å². The van der Waals surface area contributed by atoms with Crippen LogP contribution in [-0.4, -0.2) is 58.8 Å². The molecule has 2 heterocycles. The Bertz CT molecular complexity index is 1370. The summed E-state index contributed by atoms with van der Waals surface area (Å²) in [5.74, 6) is 1.58. The van der Waals surface area contributed by atoms with Crippen LogP contribution >= 0.6 is 0 Å². The lowest BCUT2D eigenvalue weighted by atomic mass is 10.1. The number of carbonyl (C=O) groups excluding carboxylic acids is 2. The maximum absolute atomic E-state index is 13.0. The van der Waals surface area contributed by atoms with Crippen molar-refractivity contribution in [1.82, 2.24) is 25.3 Å². The summed E-state index contributed by atoms with van der Waals surface area (Å²) in [5, 5.41) is 11.0. The SMILES string of the molecule is COc1c(CNC(=O)c2cc(C3CC3)nn2C)cccc1OCc1ccc(C(=O)N2CCNC3(CC3)C2)cc1. The number of methoxy groups -OCH3 is 1. The number of carbonyl (C=O) groups is 2. The Balaban J connectivity index is 1.06. The number of para-hydroxylation sites is 1. The number of aromatic nitrogens is 2. The van der Waals surface area contributed by atoms with E-state index in [4.69, 9.17) is 9.47 Å². The molecule has 1 aromatic heterocycles. The van der Waals surface area contributed by atoms with Crippen molar-refractivity contribution in [1.29, 1.82) is 0 Å². The molecule has 204 valence electrons. The molecular formula is C30H35N5O4. The third kappa shape index (κ3) is 5.49. The highest BCUT2D eigenvalue weighted by Gasteiger charge is 2.46. The highest BCUT2D eigenvalue weighted by Crippen LogP contribution is 2.39. The number of hydrogen-bond donors (Lipinski definition) is 2. The van der Waals surface area contributed by atoms with Crippen LogP contribution in [0.2, 0.25) is 0 Å². The summed E-state index contributed by atoms with van der Waals surface area (Å²) in [6, 6.07) is 15.1. The van der Waals surface area contributed by atoms with Crippen LogP contribution in [-0.2, 0) is 20.2 Å². The molecule has 0 bridgehead atoms. The van der Waals surface area contributed by atoms with Gasteiger partial charge in [-0.3, -0.25) is 14.3 Å². The Labute approximate surface area is 228 Å². The molecule has 3 aliphatic rings. The molecule has 9 nitrogen and oxygen atoms in total. The molecule has 3 fully saturated rings. The molecule has 2 amide bonds. The summed E-state index contributed by atoms with van der Waals surface area (Å²) < 4.78 is 13.4. The molecule has 1 spiro atoms. The van der Waals surface area contributed by atoms with Gasteiger partial charge in [0.25, 0.3) is 11.8 Å². The van der Waals surface area contributed by atoms with E-state index in [1.807, 2.05) is 53.4 Å². The van der Waals surface area contributed by atoms with Crippen LogP contribution in [0.25, 0.3) is 0 Å². The highest BCUT2D eigenvalue weighted by molar-refractivity contribution is 5.94. The Hall–Kier alpha value is -3.85. The Kier molecular flexibility index (Phi) is 6.76. The molecule has 9 heteroatoms. The maximum Gasteiger partial charge on any atom is 0.269 e. The molecule has 2 N–H and O–H groups in total. The van der Waals surface area contributed by atoms with Gasteiger partial charge in [0.2, 0.25) is 0 Å². The summed E-state index contributed by atoms with van der Waals surface area (Å²) >= 11 is 0. The van der Waals surface area contributed by atoms with Crippen LogP contribution in [0, 0.1) is 0 Å². The van der Waals surface area contributed by atoms with E-state index in [1.54, 1.807) is 18.8 Å². The number of hydrogen-bond acceptors (Lipinski definition) is 6. The third-order valence-corrected chi connectivity index (χ3v) is 7.94. The molecule has 1 aliphatic heterocycles. The number of nitrogens with one attached hydrogen (secondary N) is 2. The van der Waals surface area contributed by atoms with Crippen molar-refractivity contribution >= 4 is 11.8 Å². The van der Waals surface area contributed by atoms with Crippen LogP contribution in [0.3, 0.4) is 0 Å². The maximum atomic E-state index is 13.0. The molecule has 2 saturated carbocycles. The first-order valence-corrected chi connectivity index (χ1v) is 13.7. The lowest BCUT2D eigenvalue weighted by Gasteiger charge is -2.34. The number of amides is 2. The van der Waals surface area contributed by atoms with Gasteiger partial charge in [0.1, 0.15) is 12.3 Å². The van der Waals surface area contributed by atoms with Gasteiger partial charge in [-0.1, -0.05) is 24.3 Å². The standard InChI is InChI=1S/C30H35N5O4/c1-34-25(16-24(33-34)21-10-11-21)28(36)31-17-23-4-3-5-26(27(23)38-2)39-18-20-6-8-22(9-7-20)29(37)35-15-14-32-30(19-35)12-13-30/h3-9,16,21,32H,10-15,17-19H2,1-2H3,(H,31,36). The smallest absolute Gasteiger partial charge is 0.269 e. The molecule has 0 unspecified atom stereocenters. The zero-order valence-corrected chi connectivity index (χ0v) is 22.5. The minimum Gasteiger partial charge on any atom is -0.493 e. The average Bonchev–Trinajstić information content (AvgIpc) is 3.90. The first kappa shape index (κ1) is 25.4. The number of nitrogens with zero attached hydrogens (tertiary/aromatic N) is 3. The zero-order chi connectivity index (χ0) is 27.0. The molecule has 3 aromatic rings. The van der Waals surface area contributed by atoms with Crippen molar-refractivity contribution in [2.45, 2.75) is 50.3 Å². The Morgan fingerprint density at radius 2 is 1.95 bits per heavy atom. The summed E-state index contributed by atoms with van der Waals surface area (Å²) in [5.41, 5.74) is 4.17. The fourth-order valence-corrected chi connectivity index (χ4v) is 5.30. The number of piperazine rings is 1. The van der Waals surface area contributed by atoms with Gasteiger partial charge in [-0.2, -0.15) is 5.10 Å². The minimum atomic E-state index is -0.173. The van der Waals surface area contributed by atoms with E-state index in [0.717, 1.165) is 62.1 Å². The van der Waals surface area contributed by atoms with Crippen LogP contribution in [0.1, 0.15) is 69.3 Å². The molecule has 2 aliphatic carbocycles. The van der Waals surface area contributed by atoms with Gasteiger partial charge in [0, 0.05) is 55.8 Å². The number of rotatable bonds is 9. The first-order valence-electron chi connectivity index (χ1n) is 13.7. The quantitative estimate of drug-likeness (QED) is 0.441. The van der Waals surface area contributed by atoms with Gasteiger partial charge >= 0.3 is 0 Å². The van der Waals surface area contributed by atoms with Gasteiger partial charge in [-0.25, -0.2) is 0 Å². The summed E-state index contributed by atoms with van der Waals surface area (Å²) in [7, 11) is 3.39. The zero-order valence-electron chi connectivity index (χ0n) is 22.5. The number of ether oxygens (including phenoxy) is 2. The summed E-state index contributed by atoms with van der Waals surface area (Å²) in [6.07, 6.45) is 4.58. The van der Waals surface area contributed by atoms with E-state index in [9.17, 15) is 9.59 Å². The fraction of sp³-hybridized carbons (Fsp3) is 0.433. The van der Waals surface area contributed by atoms with Crippen molar-refractivity contribution in [3.8, 4) is 11.5 Å². The normalized spacial score (nSPS) is 17.6. The Morgan fingerprint density at radius 3 is 2.67 bits per heavy atom. The van der Waals surface area contributed by atoms with Gasteiger partial charge in [-0.05, 0) is 55.5 Å². The van der Waals surface area contributed by atoms with E-state index >= 15 is 0 Å². The van der Waals surface area contributed by atoms with E-state index in [2.05, 4.69) is 15.7 Å². The van der Waals surface area contributed by atoms with Crippen molar-refractivity contribution in [2.24, 2.45) is 7.05 Å². The second-order valence-corrected chi connectivity index (χ2v) is 10.9. The number of benzene rings is 2. The monoisotopic (exact) mass is 529 g/mol. The van der Waals surface area contributed by atoms with Gasteiger partial charge in [0.15, 0.2) is 11.5 Å². The van der Waals surface area contributed by atoms with E-state index in [-0.39, 0.29) is 17.4 Å². The largest absolute Gasteiger partial charge is 0.493 e. The molecule has 6 rings (SSSR count). The third-order valence-electron chi connectivity index (χ3n) is 7.94. The predicted octanol–water partition coefficient (Wildman–Crippen LogP) is 3.39. The van der Waals surface area contributed by atoms with E-state index in [0.29, 0.717) is 41.8 Å². The lowest BCUT2D eigenvalue weighted by molar-refractivity contribution is 0.0691. The van der Waals surface area contributed by atoms with E-state index in [1.165, 1.54) is 0 Å². The predicted molar refractivity (Wildman–Crippen MR) is 146 cm³/mol. The molecule has 0 radical (unpaired) electrons. The van der Waals surface area contributed by atoms with Crippen molar-refractivity contribution in [3.63, 3.8) is 0 Å². The molecule has 39 heavy (non-hydrogen) atoms. The fourth-order valence-electron chi connectivity index (χ4n) is 5.30. The topological polar surface area (TPSA) is 97.7 Å². The van der Waals surface area contributed by atoms with Crippen LogP contribution in [0.4, 0.5) is 0 Å². The molecular weight excluding hydrogens is 494 g/mol. The van der Waals surface area contributed by atoms with Crippen molar-refractivity contribution in [2.75, 3.05) is 26.7 Å². The van der Waals surface area contributed by atoms with Crippen molar-refractivity contribution in [3.05, 3.63) is 76.6 Å². The average molecular weight is 530 g/mol. The van der Waals surface area contributed by atoms with Crippen LogP contribution < -0.4 is 20.1 Å². The van der Waals surface area contributed by atoms with Gasteiger partial charge in [0.05, 0.1) is 12.8 Å². The lowest BCUT2D eigenvalue weighted by Crippen LogP contribution is -2.54. The number of aryl methyl sites for hydroxylation is 1. The van der Waals surface area contributed by atoms with Crippen molar-refractivity contribution < 1.29 is 19.1 Å². The highest BCUT2D eigenvalue weighted by atomic mass is 16.5. The summed E-state index contributed by atoms with van der Waals surface area (Å²) in [4.78, 5) is 27.8. The van der Waals surface area contributed by atoms with Crippen LogP contribution in [0.15, 0.2) is 48.5 Å². The molecule has 2 aromatic carbocycles. The molecule has 0 atom stereocenters. The molecule has 1 saturated heterocycles. The first-order chi connectivity index (χ1) is 18.9. The van der Waals surface area contributed by atoms with E-state index < -0.39 is 0 Å². The second-order valence-electron chi connectivity index (χ2n) is 10.9.